The highest BCUT2D eigenvalue weighted by Crippen LogP contribution is 2.21. The molecule has 0 aromatic heterocycles. The molecular weight excluding hydrogens is 409 g/mol. The largest absolute Gasteiger partial charge is 0.349 e. The zero-order valence-electron chi connectivity index (χ0n) is 17.4. The van der Waals surface area contributed by atoms with Crippen molar-refractivity contribution >= 4 is 29.1 Å². The number of hydrogen-bond donors (Lipinski definition) is 3. The van der Waals surface area contributed by atoms with Crippen molar-refractivity contribution in [1.29, 1.82) is 0 Å². The molecule has 0 atom stereocenters. The van der Waals surface area contributed by atoms with Crippen molar-refractivity contribution in [3.8, 4) is 0 Å². The molecule has 0 unspecified atom stereocenters. The van der Waals surface area contributed by atoms with E-state index in [9.17, 15) is 18.8 Å². The normalized spacial score (nSPS) is 12.7. The van der Waals surface area contributed by atoms with Gasteiger partial charge in [-0.15, -0.1) is 0 Å². The maximum absolute atomic E-state index is 13.9. The van der Waals surface area contributed by atoms with Gasteiger partial charge in [-0.2, -0.15) is 0 Å². The van der Waals surface area contributed by atoms with E-state index in [1.807, 2.05) is 0 Å². The number of halogens is 1. The molecule has 6 nitrogen and oxygen atoms in total. The van der Waals surface area contributed by atoms with E-state index in [-0.39, 0.29) is 23.4 Å². The monoisotopic (exact) mass is 431 g/mol. The third-order valence-electron chi connectivity index (χ3n) is 5.18. The highest BCUT2D eigenvalue weighted by atomic mass is 19.1. The Morgan fingerprint density at radius 2 is 1.50 bits per heavy atom. The lowest BCUT2D eigenvalue weighted by Gasteiger charge is -2.12. The van der Waals surface area contributed by atoms with Gasteiger partial charge in [-0.3, -0.25) is 14.4 Å². The van der Waals surface area contributed by atoms with Crippen LogP contribution in [-0.4, -0.2) is 23.8 Å². The average Bonchev–Trinajstić information content (AvgIpc) is 3.60. The van der Waals surface area contributed by atoms with E-state index >= 15 is 0 Å². The minimum atomic E-state index is -0.620. The molecule has 0 saturated heterocycles. The predicted octanol–water partition coefficient (Wildman–Crippen LogP) is 4.53. The number of carbonyl (C=O) groups is 3. The van der Waals surface area contributed by atoms with E-state index in [1.165, 1.54) is 18.2 Å². The molecule has 4 rings (SSSR count). The van der Waals surface area contributed by atoms with Gasteiger partial charge in [0, 0.05) is 28.5 Å². The summed E-state index contributed by atoms with van der Waals surface area (Å²) in [6.07, 6.45) is 2.03. The Morgan fingerprint density at radius 3 is 2.19 bits per heavy atom. The number of amides is 3. The third kappa shape index (κ3) is 5.00. The van der Waals surface area contributed by atoms with E-state index in [4.69, 9.17) is 0 Å². The molecule has 3 aromatic carbocycles. The Hall–Kier alpha value is -4.00. The number of anilines is 2. The molecule has 162 valence electrons. The molecule has 0 spiro atoms. The Kier molecular flexibility index (Phi) is 5.98. The summed E-state index contributed by atoms with van der Waals surface area (Å²) in [4.78, 5) is 37.2. The molecule has 1 aliphatic rings. The van der Waals surface area contributed by atoms with Gasteiger partial charge < -0.3 is 16.0 Å². The Morgan fingerprint density at radius 1 is 0.812 bits per heavy atom. The topological polar surface area (TPSA) is 87.3 Å². The molecule has 0 aliphatic heterocycles. The van der Waals surface area contributed by atoms with E-state index in [0.717, 1.165) is 18.4 Å². The van der Waals surface area contributed by atoms with Crippen molar-refractivity contribution in [1.82, 2.24) is 5.32 Å². The first kappa shape index (κ1) is 21.2. The van der Waals surface area contributed by atoms with Crippen molar-refractivity contribution in [3.05, 3.63) is 94.8 Å². The third-order valence-corrected chi connectivity index (χ3v) is 5.18. The zero-order chi connectivity index (χ0) is 22.7. The molecule has 3 N–H and O–H groups in total. The molecule has 7 heteroatoms. The number of rotatable bonds is 6. The maximum Gasteiger partial charge on any atom is 0.258 e. The van der Waals surface area contributed by atoms with Crippen LogP contribution in [0.5, 0.6) is 0 Å². The highest BCUT2D eigenvalue weighted by Gasteiger charge is 2.23. The second kappa shape index (κ2) is 9.01. The number of benzene rings is 3. The van der Waals surface area contributed by atoms with Crippen molar-refractivity contribution in [2.75, 3.05) is 10.6 Å². The summed E-state index contributed by atoms with van der Waals surface area (Å²) >= 11 is 0. The Labute approximate surface area is 184 Å². The summed E-state index contributed by atoms with van der Waals surface area (Å²) < 4.78 is 13.9. The van der Waals surface area contributed by atoms with Crippen LogP contribution in [0.1, 0.15) is 49.5 Å². The molecule has 0 bridgehead atoms. The first-order valence-corrected chi connectivity index (χ1v) is 10.3. The SMILES string of the molecule is Cc1ccc(C(=O)Nc2ccc(C(=O)NC3CC3)cc2)cc1NC(=O)c1ccccc1F. The van der Waals surface area contributed by atoms with Gasteiger partial charge in [-0.05, 0) is 73.9 Å². The number of aryl methyl sites for hydroxylation is 1. The summed E-state index contributed by atoms with van der Waals surface area (Å²) in [7, 11) is 0. The smallest absolute Gasteiger partial charge is 0.258 e. The minimum Gasteiger partial charge on any atom is -0.349 e. The fourth-order valence-corrected chi connectivity index (χ4v) is 3.14. The van der Waals surface area contributed by atoms with Gasteiger partial charge in [0.1, 0.15) is 5.82 Å². The molecule has 3 amide bonds. The van der Waals surface area contributed by atoms with Crippen LogP contribution in [0, 0.1) is 12.7 Å². The molecule has 1 fully saturated rings. The van der Waals surface area contributed by atoms with Crippen molar-refractivity contribution < 1.29 is 18.8 Å². The summed E-state index contributed by atoms with van der Waals surface area (Å²) in [5.74, 6) is -1.71. The second-order valence-electron chi connectivity index (χ2n) is 7.74. The molecule has 32 heavy (non-hydrogen) atoms. The van der Waals surface area contributed by atoms with Crippen molar-refractivity contribution in [3.63, 3.8) is 0 Å². The van der Waals surface area contributed by atoms with Crippen LogP contribution in [0.3, 0.4) is 0 Å². The number of nitrogens with one attached hydrogen (secondary N) is 3. The first-order valence-electron chi connectivity index (χ1n) is 10.3. The molecule has 1 aliphatic carbocycles. The van der Waals surface area contributed by atoms with E-state index in [0.29, 0.717) is 22.5 Å². The second-order valence-corrected chi connectivity index (χ2v) is 7.74. The Bertz CT molecular complexity index is 1190. The van der Waals surface area contributed by atoms with Gasteiger partial charge in [0.15, 0.2) is 0 Å². The van der Waals surface area contributed by atoms with E-state index < -0.39 is 11.7 Å². The lowest BCUT2D eigenvalue weighted by Crippen LogP contribution is -2.25. The van der Waals surface area contributed by atoms with Gasteiger partial charge in [0.25, 0.3) is 17.7 Å². The summed E-state index contributed by atoms with van der Waals surface area (Å²) in [6.45, 7) is 1.78. The van der Waals surface area contributed by atoms with Gasteiger partial charge in [0.05, 0.1) is 5.56 Å². The highest BCUT2D eigenvalue weighted by molar-refractivity contribution is 6.08. The first-order chi connectivity index (χ1) is 15.4. The van der Waals surface area contributed by atoms with E-state index in [1.54, 1.807) is 55.5 Å². The summed E-state index contributed by atoms with van der Waals surface area (Å²) in [5.41, 5.74) is 2.47. The molecule has 1 saturated carbocycles. The lowest BCUT2D eigenvalue weighted by molar-refractivity contribution is 0.0949. The molecule has 0 heterocycles. The van der Waals surface area contributed by atoms with Crippen molar-refractivity contribution in [2.24, 2.45) is 0 Å². The van der Waals surface area contributed by atoms with Gasteiger partial charge in [0.2, 0.25) is 0 Å². The van der Waals surface area contributed by atoms with Crippen molar-refractivity contribution in [2.45, 2.75) is 25.8 Å². The number of hydrogen-bond acceptors (Lipinski definition) is 3. The fraction of sp³-hybridized carbons (Fsp3) is 0.160. The standard InChI is InChI=1S/C25H22FN3O3/c1-15-6-7-17(14-22(15)29-25(32)20-4-2-3-5-21(20)26)24(31)28-18-10-8-16(9-11-18)23(30)27-19-12-13-19/h2-11,14,19H,12-13H2,1H3,(H,27,30)(H,28,31)(H,29,32). The zero-order valence-corrected chi connectivity index (χ0v) is 17.4. The predicted molar refractivity (Wildman–Crippen MR) is 120 cm³/mol. The lowest BCUT2D eigenvalue weighted by atomic mass is 10.1. The van der Waals surface area contributed by atoms with Crippen LogP contribution in [-0.2, 0) is 0 Å². The minimum absolute atomic E-state index is 0.0763. The van der Waals surface area contributed by atoms with Gasteiger partial charge >= 0.3 is 0 Å². The summed E-state index contributed by atoms with van der Waals surface area (Å²) in [6, 6.07) is 17.5. The van der Waals surface area contributed by atoms with E-state index in [2.05, 4.69) is 16.0 Å². The Balaban J connectivity index is 1.44. The maximum atomic E-state index is 13.9. The van der Waals surface area contributed by atoms with Crippen LogP contribution >= 0.6 is 0 Å². The molecule has 3 aromatic rings. The number of carbonyl (C=O) groups excluding carboxylic acids is 3. The van der Waals surface area contributed by atoms with Crippen LogP contribution in [0.4, 0.5) is 15.8 Å². The quantitative estimate of drug-likeness (QED) is 0.536. The molecule has 0 radical (unpaired) electrons. The van der Waals surface area contributed by atoms with Gasteiger partial charge in [-0.25, -0.2) is 4.39 Å². The average molecular weight is 431 g/mol. The van der Waals surface area contributed by atoms with Crippen LogP contribution in [0.25, 0.3) is 0 Å². The molecular formula is C25H22FN3O3. The summed E-state index contributed by atoms with van der Waals surface area (Å²) in [5, 5.41) is 8.35. The fourth-order valence-electron chi connectivity index (χ4n) is 3.14. The van der Waals surface area contributed by atoms with Crippen LogP contribution in [0.15, 0.2) is 66.7 Å². The van der Waals surface area contributed by atoms with Gasteiger partial charge in [-0.1, -0.05) is 18.2 Å². The van der Waals surface area contributed by atoms with Crippen LogP contribution in [0.2, 0.25) is 0 Å². The van der Waals surface area contributed by atoms with Crippen LogP contribution < -0.4 is 16.0 Å².